The van der Waals surface area contributed by atoms with Crippen molar-refractivity contribution in [2.75, 3.05) is 32.7 Å². The summed E-state index contributed by atoms with van der Waals surface area (Å²) in [7, 11) is 0. The fourth-order valence-electron chi connectivity index (χ4n) is 2.46. The summed E-state index contributed by atoms with van der Waals surface area (Å²) in [5.74, 6) is 0.821. The molecule has 0 aromatic rings. The van der Waals surface area contributed by atoms with E-state index in [1.807, 2.05) is 0 Å². The van der Waals surface area contributed by atoms with Crippen molar-refractivity contribution in [1.82, 2.24) is 10.2 Å². The van der Waals surface area contributed by atoms with Gasteiger partial charge in [-0.2, -0.15) is 0 Å². The second-order valence-electron chi connectivity index (χ2n) is 6.79. The Morgan fingerprint density at radius 2 is 1.88 bits per heavy atom. The third-order valence-corrected chi connectivity index (χ3v) is 3.94. The molecular formula is C15H32N2. The summed E-state index contributed by atoms with van der Waals surface area (Å²) in [6.45, 7) is 15.6. The molecule has 0 radical (unpaired) electrons. The van der Waals surface area contributed by atoms with Gasteiger partial charge in [-0.05, 0) is 56.7 Å². The molecule has 0 aromatic heterocycles. The van der Waals surface area contributed by atoms with Crippen molar-refractivity contribution in [3.8, 4) is 0 Å². The van der Waals surface area contributed by atoms with Crippen LogP contribution < -0.4 is 5.32 Å². The predicted octanol–water partition coefficient (Wildman–Crippen LogP) is 3.13. The molecular weight excluding hydrogens is 208 g/mol. The van der Waals surface area contributed by atoms with Gasteiger partial charge in [-0.1, -0.05) is 27.7 Å². The highest BCUT2D eigenvalue weighted by Crippen LogP contribution is 2.29. The van der Waals surface area contributed by atoms with Crippen LogP contribution >= 0.6 is 0 Å². The lowest BCUT2D eigenvalue weighted by atomic mass is 9.85. The molecule has 1 rings (SSSR count). The number of rotatable bonds is 6. The first-order valence-corrected chi connectivity index (χ1v) is 7.43. The fourth-order valence-corrected chi connectivity index (χ4v) is 2.46. The molecule has 0 saturated carbocycles. The third-order valence-electron chi connectivity index (χ3n) is 3.94. The van der Waals surface area contributed by atoms with E-state index in [1.165, 1.54) is 51.9 Å². The first kappa shape index (κ1) is 15.0. The van der Waals surface area contributed by atoms with E-state index in [0.29, 0.717) is 5.41 Å². The molecule has 0 aliphatic carbocycles. The van der Waals surface area contributed by atoms with Crippen molar-refractivity contribution in [3.63, 3.8) is 0 Å². The Kier molecular flexibility index (Phi) is 6.50. The standard InChI is InChI=1S/C15H32N2/c1-14(2)6-9-16-10-13-17-11-5-7-15(3,4)8-12-17/h14,16H,5-13H2,1-4H3. The Balaban J connectivity index is 2.07. The SMILES string of the molecule is CC(C)CCNCCN1CCCC(C)(C)CC1. The summed E-state index contributed by atoms with van der Waals surface area (Å²) in [6, 6.07) is 0. The molecule has 0 atom stereocenters. The van der Waals surface area contributed by atoms with Gasteiger partial charge in [-0.3, -0.25) is 0 Å². The van der Waals surface area contributed by atoms with Crippen LogP contribution in [0.4, 0.5) is 0 Å². The first-order chi connectivity index (χ1) is 7.99. The van der Waals surface area contributed by atoms with Crippen molar-refractivity contribution in [2.24, 2.45) is 11.3 Å². The van der Waals surface area contributed by atoms with Crippen molar-refractivity contribution >= 4 is 0 Å². The van der Waals surface area contributed by atoms with Crippen LogP contribution in [0.1, 0.15) is 53.4 Å². The maximum Gasteiger partial charge on any atom is 0.0107 e. The van der Waals surface area contributed by atoms with Crippen LogP contribution in [-0.4, -0.2) is 37.6 Å². The Morgan fingerprint density at radius 3 is 2.59 bits per heavy atom. The molecule has 0 unspecified atom stereocenters. The van der Waals surface area contributed by atoms with Crippen molar-refractivity contribution in [1.29, 1.82) is 0 Å². The molecule has 2 heteroatoms. The van der Waals surface area contributed by atoms with E-state index in [4.69, 9.17) is 0 Å². The Hall–Kier alpha value is -0.0800. The average molecular weight is 240 g/mol. The van der Waals surface area contributed by atoms with Gasteiger partial charge in [0.15, 0.2) is 0 Å². The zero-order valence-electron chi connectivity index (χ0n) is 12.4. The summed E-state index contributed by atoms with van der Waals surface area (Å²) in [6.07, 6.45) is 5.43. The lowest BCUT2D eigenvalue weighted by molar-refractivity contribution is 0.261. The van der Waals surface area contributed by atoms with Gasteiger partial charge in [0.1, 0.15) is 0 Å². The average Bonchev–Trinajstić information content (AvgIpc) is 2.39. The minimum Gasteiger partial charge on any atom is -0.315 e. The Bertz CT molecular complexity index is 199. The number of nitrogens with one attached hydrogen (secondary N) is 1. The number of likely N-dealkylation sites (tertiary alicyclic amines) is 1. The summed E-state index contributed by atoms with van der Waals surface area (Å²) in [4.78, 5) is 2.64. The van der Waals surface area contributed by atoms with Gasteiger partial charge in [0, 0.05) is 13.1 Å². The van der Waals surface area contributed by atoms with Crippen molar-refractivity contribution in [2.45, 2.75) is 53.4 Å². The van der Waals surface area contributed by atoms with Crippen molar-refractivity contribution in [3.05, 3.63) is 0 Å². The molecule has 17 heavy (non-hydrogen) atoms. The summed E-state index contributed by atoms with van der Waals surface area (Å²) < 4.78 is 0. The monoisotopic (exact) mass is 240 g/mol. The second-order valence-corrected chi connectivity index (χ2v) is 6.79. The molecule has 0 spiro atoms. The maximum absolute atomic E-state index is 3.56. The lowest BCUT2D eigenvalue weighted by Crippen LogP contribution is -2.33. The molecule has 1 saturated heterocycles. The highest BCUT2D eigenvalue weighted by atomic mass is 15.1. The van der Waals surface area contributed by atoms with Gasteiger partial charge in [-0.15, -0.1) is 0 Å². The normalized spacial score (nSPS) is 21.7. The molecule has 102 valence electrons. The zero-order chi connectivity index (χ0) is 12.7. The molecule has 1 N–H and O–H groups in total. The molecule has 1 fully saturated rings. The minimum atomic E-state index is 0.569. The van der Waals surface area contributed by atoms with Crippen LogP contribution in [0.2, 0.25) is 0 Å². The molecule has 0 amide bonds. The third kappa shape index (κ3) is 7.05. The minimum absolute atomic E-state index is 0.569. The number of nitrogens with zero attached hydrogens (tertiary/aromatic N) is 1. The maximum atomic E-state index is 3.56. The van der Waals surface area contributed by atoms with Gasteiger partial charge < -0.3 is 10.2 Å². The zero-order valence-corrected chi connectivity index (χ0v) is 12.4. The number of hydrogen-bond acceptors (Lipinski definition) is 2. The van der Waals surface area contributed by atoms with Crippen LogP contribution in [0.25, 0.3) is 0 Å². The van der Waals surface area contributed by atoms with E-state index in [2.05, 4.69) is 37.9 Å². The topological polar surface area (TPSA) is 15.3 Å². The van der Waals surface area contributed by atoms with E-state index in [0.717, 1.165) is 12.5 Å². The van der Waals surface area contributed by atoms with Crippen LogP contribution in [0.15, 0.2) is 0 Å². The highest BCUT2D eigenvalue weighted by molar-refractivity contribution is 4.76. The quantitative estimate of drug-likeness (QED) is 0.718. The smallest absolute Gasteiger partial charge is 0.0107 e. The van der Waals surface area contributed by atoms with Crippen LogP contribution in [0.5, 0.6) is 0 Å². The molecule has 1 heterocycles. The molecule has 1 aliphatic rings. The largest absolute Gasteiger partial charge is 0.315 e. The predicted molar refractivity (Wildman–Crippen MR) is 76.4 cm³/mol. The van der Waals surface area contributed by atoms with E-state index in [-0.39, 0.29) is 0 Å². The summed E-state index contributed by atoms with van der Waals surface area (Å²) in [5, 5.41) is 3.56. The van der Waals surface area contributed by atoms with Gasteiger partial charge in [0.2, 0.25) is 0 Å². The van der Waals surface area contributed by atoms with Crippen LogP contribution in [-0.2, 0) is 0 Å². The van der Waals surface area contributed by atoms with E-state index in [9.17, 15) is 0 Å². The van der Waals surface area contributed by atoms with Crippen molar-refractivity contribution < 1.29 is 0 Å². The molecule has 2 nitrogen and oxygen atoms in total. The van der Waals surface area contributed by atoms with Crippen LogP contribution in [0, 0.1) is 11.3 Å². The Morgan fingerprint density at radius 1 is 1.12 bits per heavy atom. The molecule has 0 aromatic carbocycles. The summed E-state index contributed by atoms with van der Waals surface area (Å²) >= 11 is 0. The fraction of sp³-hybridized carbons (Fsp3) is 1.00. The van der Waals surface area contributed by atoms with E-state index >= 15 is 0 Å². The molecule has 0 bridgehead atoms. The summed E-state index contributed by atoms with van der Waals surface area (Å²) in [5.41, 5.74) is 0.569. The first-order valence-electron chi connectivity index (χ1n) is 7.43. The van der Waals surface area contributed by atoms with E-state index in [1.54, 1.807) is 0 Å². The van der Waals surface area contributed by atoms with Crippen LogP contribution in [0.3, 0.4) is 0 Å². The van der Waals surface area contributed by atoms with Gasteiger partial charge in [0.05, 0.1) is 0 Å². The molecule has 1 aliphatic heterocycles. The highest BCUT2D eigenvalue weighted by Gasteiger charge is 2.22. The second kappa shape index (κ2) is 7.38. The lowest BCUT2D eigenvalue weighted by Gasteiger charge is -2.23. The van der Waals surface area contributed by atoms with E-state index < -0.39 is 0 Å². The van der Waals surface area contributed by atoms with Gasteiger partial charge in [-0.25, -0.2) is 0 Å². The van der Waals surface area contributed by atoms with Gasteiger partial charge >= 0.3 is 0 Å². The Labute approximate surface area is 108 Å². The van der Waals surface area contributed by atoms with Gasteiger partial charge in [0.25, 0.3) is 0 Å². The number of hydrogen-bond donors (Lipinski definition) is 1.